The standard InChI is InChI=1S/C35H48ClN3O7/c1-7-9-19-15-20(34(19,3)4)10-11-39(8-2)16-18-14-23(40)25-21(27(18)36)12-17-13-22-28(38(5)6)30(42)26(33(37)45)32(44)35(22,46)31(43)24(17)29(25)41/h14,17,19-20,22,28,40-41,44,46H,7-13,15-16H2,1-6H3,(H2,37,45)/t17-,19?,20?,22-,28-,35-/m0/s1. The number of likely N-dealkylation sites (N-methyl/N-ethyl adjacent to an activating group) is 1. The van der Waals surface area contributed by atoms with Crippen LogP contribution >= 0.6 is 11.6 Å². The van der Waals surface area contributed by atoms with E-state index in [4.69, 9.17) is 17.3 Å². The summed E-state index contributed by atoms with van der Waals surface area (Å²) in [4.78, 5) is 43.3. The van der Waals surface area contributed by atoms with Crippen molar-refractivity contribution in [3.63, 3.8) is 0 Å². The molecule has 2 unspecified atom stereocenters. The van der Waals surface area contributed by atoms with Crippen LogP contribution in [0.2, 0.25) is 5.02 Å². The van der Waals surface area contributed by atoms with Gasteiger partial charge < -0.3 is 26.2 Å². The van der Waals surface area contributed by atoms with E-state index in [-0.39, 0.29) is 29.7 Å². The summed E-state index contributed by atoms with van der Waals surface area (Å²) in [6.45, 7) is 11.2. The number of fused-ring (bicyclic) bond motifs is 3. The molecular weight excluding hydrogens is 610 g/mol. The van der Waals surface area contributed by atoms with E-state index in [1.807, 2.05) is 0 Å². The van der Waals surface area contributed by atoms with Crippen molar-refractivity contribution in [1.82, 2.24) is 9.80 Å². The molecule has 0 aliphatic heterocycles. The Balaban J connectivity index is 1.47. The summed E-state index contributed by atoms with van der Waals surface area (Å²) in [5.74, 6) is -5.37. The van der Waals surface area contributed by atoms with E-state index in [2.05, 4.69) is 32.6 Å². The number of benzene rings is 1. The Hall–Kier alpha value is -2.92. The number of hydrogen-bond acceptors (Lipinski definition) is 9. The van der Waals surface area contributed by atoms with Crippen molar-refractivity contribution in [2.24, 2.45) is 34.8 Å². The number of amides is 1. The van der Waals surface area contributed by atoms with Crippen LogP contribution < -0.4 is 5.73 Å². The lowest BCUT2D eigenvalue weighted by molar-refractivity contribution is -0.153. The van der Waals surface area contributed by atoms with Crippen LogP contribution in [0.15, 0.2) is 23.0 Å². The number of carbonyl (C=O) groups excluding carboxylic acids is 3. The monoisotopic (exact) mass is 657 g/mol. The SMILES string of the molecule is CCCC1CC(CCN(CC)Cc2cc(O)c3c(c2Cl)C[C@H]2C[C@H]4[C@H](N(C)C)C(=O)C(C(N)=O)=C(O)[C@@]4(O)C(=O)C2=C3O)C1(C)C. The lowest BCUT2D eigenvalue weighted by atomic mass is 9.53. The maximum atomic E-state index is 14.0. The molecule has 4 aliphatic rings. The molecule has 0 spiro atoms. The lowest BCUT2D eigenvalue weighted by Crippen LogP contribution is -2.65. The highest BCUT2D eigenvalue weighted by Crippen LogP contribution is 2.55. The van der Waals surface area contributed by atoms with Crippen molar-refractivity contribution in [2.45, 2.75) is 84.4 Å². The zero-order chi connectivity index (χ0) is 34.0. The fourth-order valence-corrected chi connectivity index (χ4v) is 9.13. The second-order valence-electron chi connectivity index (χ2n) is 14.6. The molecule has 2 fully saturated rings. The summed E-state index contributed by atoms with van der Waals surface area (Å²) in [6, 6.07) is 0.379. The maximum absolute atomic E-state index is 14.0. The molecule has 252 valence electrons. The Labute approximate surface area is 275 Å². The summed E-state index contributed by atoms with van der Waals surface area (Å²) in [5, 5.41) is 45.9. The first-order chi connectivity index (χ1) is 21.5. The molecule has 1 aromatic rings. The Morgan fingerprint density at radius 2 is 1.74 bits per heavy atom. The van der Waals surface area contributed by atoms with Crippen molar-refractivity contribution < 1.29 is 34.8 Å². The predicted molar refractivity (Wildman–Crippen MR) is 175 cm³/mol. The molecule has 11 heteroatoms. The summed E-state index contributed by atoms with van der Waals surface area (Å²) < 4.78 is 0. The van der Waals surface area contributed by atoms with Gasteiger partial charge >= 0.3 is 0 Å². The highest BCUT2D eigenvalue weighted by atomic mass is 35.5. The summed E-state index contributed by atoms with van der Waals surface area (Å²) >= 11 is 7.01. The number of nitrogens with two attached hydrogens (primary N) is 1. The predicted octanol–water partition coefficient (Wildman–Crippen LogP) is 4.29. The average Bonchev–Trinajstić information content (AvgIpc) is 2.97. The number of ketones is 2. The summed E-state index contributed by atoms with van der Waals surface area (Å²) in [7, 11) is 3.15. The first-order valence-electron chi connectivity index (χ1n) is 16.4. The summed E-state index contributed by atoms with van der Waals surface area (Å²) in [6.07, 6.45) is 4.97. The van der Waals surface area contributed by atoms with Crippen LogP contribution in [-0.2, 0) is 27.3 Å². The van der Waals surface area contributed by atoms with Gasteiger partial charge in [-0.15, -0.1) is 0 Å². The maximum Gasteiger partial charge on any atom is 0.255 e. The van der Waals surface area contributed by atoms with Crippen LogP contribution in [0.5, 0.6) is 5.75 Å². The average molecular weight is 658 g/mol. The molecule has 6 N–H and O–H groups in total. The number of nitrogens with zero attached hydrogens (tertiary/aromatic N) is 2. The van der Waals surface area contributed by atoms with Gasteiger partial charge in [-0.3, -0.25) is 24.2 Å². The highest BCUT2D eigenvalue weighted by Gasteiger charge is 2.64. The molecule has 6 atom stereocenters. The highest BCUT2D eigenvalue weighted by molar-refractivity contribution is 6.32. The zero-order valence-electron chi connectivity index (χ0n) is 27.7. The molecule has 0 saturated heterocycles. The first kappa shape index (κ1) is 34.4. The molecule has 0 aromatic heterocycles. The number of halogens is 1. The Morgan fingerprint density at radius 3 is 2.30 bits per heavy atom. The number of Topliss-reactive ketones (excluding diaryl/α,β-unsaturated/α-hetero) is 2. The second kappa shape index (κ2) is 12.3. The van der Waals surface area contributed by atoms with Gasteiger partial charge in [-0.25, -0.2) is 0 Å². The van der Waals surface area contributed by atoms with Gasteiger partial charge in [0, 0.05) is 23.1 Å². The molecule has 1 amide bonds. The van der Waals surface area contributed by atoms with Gasteiger partial charge in [-0.05, 0) is 93.2 Å². The Kier molecular flexibility index (Phi) is 9.18. The molecule has 0 heterocycles. The van der Waals surface area contributed by atoms with Crippen molar-refractivity contribution in [3.8, 4) is 5.75 Å². The largest absolute Gasteiger partial charge is 0.508 e. The van der Waals surface area contributed by atoms with Gasteiger partial charge in [-0.2, -0.15) is 0 Å². The number of aliphatic hydroxyl groups excluding tert-OH is 2. The first-order valence-corrected chi connectivity index (χ1v) is 16.8. The number of primary amides is 1. The molecule has 0 bridgehead atoms. The summed E-state index contributed by atoms with van der Waals surface area (Å²) in [5.41, 5.74) is 3.23. The molecule has 0 radical (unpaired) electrons. The molecule has 10 nitrogen and oxygen atoms in total. The Bertz CT molecular complexity index is 1530. The van der Waals surface area contributed by atoms with E-state index >= 15 is 0 Å². The fourth-order valence-electron chi connectivity index (χ4n) is 8.84. The van der Waals surface area contributed by atoms with Gasteiger partial charge in [0.05, 0.1) is 11.6 Å². The van der Waals surface area contributed by atoms with Crippen molar-refractivity contribution in [1.29, 1.82) is 0 Å². The fraction of sp³-hybridized carbons (Fsp3) is 0.629. The number of rotatable bonds is 10. The minimum Gasteiger partial charge on any atom is -0.508 e. The molecule has 46 heavy (non-hydrogen) atoms. The minimum atomic E-state index is -2.67. The van der Waals surface area contributed by atoms with Crippen LogP contribution in [0.4, 0.5) is 0 Å². The van der Waals surface area contributed by atoms with E-state index in [9.17, 15) is 34.8 Å². The number of hydrogen-bond donors (Lipinski definition) is 5. The van der Waals surface area contributed by atoms with E-state index < -0.39 is 58.0 Å². The minimum absolute atomic E-state index is 0.00581. The third kappa shape index (κ3) is 5.16. The third-order valence-corrected chi connectivity index (χ3v) is 12.1. The quantitative estimate of drug-likeness (QED) is 0.231. The van der Waals surface area contributed by atoms with Gasteiger partial charge in [0.2, 0.25) is 5.78 Å². The molecular formula is C35H48ClN3O7. The van der Waals surface area contributed by atoms with E-state index in [0.29, 0.717) is 34.0 Å². The molecule has 5 rings (SSSR count). The zero-order valence-corrected chi connectivity index (χ0v) is 28.4. The lowest BCUT2D eigenvalue weighted by Gasteiger charge is -2.53. The molecule has 4 aliphatic carbocycles. The number of carbonyl (C=O) groups is 3. The topological polar surface area (TPSA) is 165 Å². The second-order valence-corrected chi connectivity index (χ2v) is 15.0. The van der Waals surface area contributed by atoms with Crippen LogP contribution in [0.25, 0.3) is 5.76 Å². The van der Waals surface area contributed by atoms with Crippen LogP contribution in [0.1, 0.15) is 76.5 Å². The van der Waals surface area contributed by atoms with Gasteiger partial charge in [0.25, 0.3) is 5.91 Å². The van der Waals surface area contributed by atoms with Crippen LogP contribution in [-0.4, -0.2) is 86.5 Å². The van der Waals surface area contributed by atoms with Gasteiger partial charge in [0.15, 0.2) is 11.4 Å². The van der Waals surface area contributed by atoms with Crippen molar-refractivity contribution in [3.05, 3.63) is 44.7 Å². The van der Waals surface area contributed by atoms with Crippen LogP contribution in [0, 0.1) is 29.1 Å². The molecule has 1 aromatic carbocycles. The smallest absolute Gasteiger partial charge is 0.255 e. The van der Waals surface area contributed by atoms with Crippen molar-refractivity contribution >= 4 is 34.8 Å². The molecule has 2 saturated carbocycles. The Morgan fingerprint density at radius 1 is 1.09 bits per heavy atom. The number of phenols is 1. The van der Waals surface area contributed by atoms with E-state index in [1.54, 1.807) is 14.1 Å². The number of aromatic hydroxyl groups is 1. The van der Waals surface area contributed by atoms with Gasteiger partial charge in [-0.1, -0.05) is 52.1 Å². The van der Waals surface area contributed by atoms with Crippen molar-refractivity contribution in [2.75, 3.05) is 27.2 Å². The van der Waals surface area contributed by atoms with Gasteiger partial charge in [0.1, 0.15) is 22.8 Å². The number of aliphatic hydroxyl groups is 3. The normalized spacial score (nSPS) is 30.3. The number of phenolic OH excluding ortho intramolecular Hbond substituents is 1. The third-order valence-electron chi connectivity index (χ3n) is 11.7. The van der Waals surface area contributed by atoms with E-state index in [1.165, 1.54) is 30.2 Å². The van der Waals surface area contributed by atoms with Crippen LogP contribution in [0.3, 0.4) is 0 Å². The van der Waals surface area contributed by atoms with E-state index in [0.717, 1.165) is 25.4 Å².